The van der Waals surface area contributed by atoms with Crippen LogP contribution >= 0.6 is 0 Å². The predicted octanol–water partition coefficient (Wildman–Crippen LogP) is 4.33. The summed E-state index contributed by atoms with van der Waals surface area (Å²) in [4.78, 5) is 16.3. The third-order valence-electron chi connectivity index (χ3n) is 4.55. The Morgan fingerprint density at radius 2 is 1.92 bits per heavy atom. The Morgan fingerprint density at radius 3 is 2.64 bits per heavy atom. The van der Waals surface area contributed by atoms with E-state index in [1.165, 1.54) is 6.20 Å². The Kier molecular flexibility index (Phi) is 5.11. The fourth-order valence-corrected chi connectivity index (χ4v) is 3.26. The number of carbonyl (C=O) groups is 1. The van der Waals surface area contributed by atoms with Gasteiger partial charge in [-0.25, -0.2) is 4.98 Å². The molecule has 1 heterocycles. The first-order chi connectivity index (χ1) is 11.9. The van der Waals surface area contributed by atoms with Gasteiger partial charge in [0.2, 0.25) is 11.8 Å². The van der Waals surface area contributed by atoms with Crippen LogP contribution in [-0.2, 0) is 11.3 Å². The zero-order valence-electron chi connectivity index (χ0n) is 13.6. The van der Waals surface area contributed by atoms with E-state index in [9.17, 15) is 18.0 Å². The lowest BCUT2D eigenvalue weighted by molar-refractivity contribution is -0.198. The van der Waals surface area contributed by atoms with Gasteiger partial charge in [-0.1, -0.05) is 43.2 Å². The summed E-state index contributed by atoms with van der Waals surface area (Å²) in [6.45, 7) is -0.0211. The van der Waals surface area contributed by atoms with Crippen molar-refractivity contribution in [3.05, 3.63) is 42.4 Å². The molecule has 0 bridgehead atoms. The van der Waals surface area contributed by atoms with Crippen LogP contribution in [-0.4, -0.2) is 17.1 Å². The molecule has 2 aromatic rings. The first-order valence-electron chi connectivity index (χ1n) is 8.29. The molecule has 1 aliphatic carbocycles. The molecule has 3 rings (SSSR count). The lowest BCUT2D eigenvalue weighted by Gasteiger charge is -2.31. The van der Waals surface area contributed by atoms with E-state index in [1.807, 2.05) is 30.3 Å². The molecule has 1 amide bonds. The zero-order valence-corrected chi connectivity index (χ0v) is 13.6. The van der Waals surface area contributed by atoms with Gasteiger partial charge in [0, 0.05) is 11.5 Å². The molecular formula is C18H19F3N2O2. The van der Waals surface area contributed by atoms with Crippen LogP contribution in [0.15, 0.2) is 40.9 Å². The molecule has 0 unspecified atom stereocenters. The normalized spacial score (nSPS) is 21.1. The maximum atomic E-state index is 13.1. The fourth-order valence-electron chi connectivity index (χ4n) is 3.26. The minimum atomic E-state index is -4.34. The SMILES string of the molecule is O=C(NCc1ncc(-c2ccccc2)o1)[C@@H]1CCCC[C@@H]1C(F)(F)F. The van der Waals surface area contributed by atoms with Gasteiger partial charge in [0.1, 0.15) is 0 Å². The summed E-state index contributed by atoms with van der Waals surface area (Å²) in [6, 6.07) is 9.32. The molecular weight excluding hydrogens is 333 g/mol. The Balaban J connectivity index is 1.61. The van der Waals surface area contributed by atoms with Crippen molar-refractivity contribution in [3.63, 3.8) is 0 Å². The molecule has 1 N–H and O–H groups in total. The van der Waals surface area contributed by atoms with Crippen molar-refractivity contribution >= 4 is 5.91 Å². The zero-order chi connectivity index (χ0) is 17.9. The summed E-state index contributed by atoms with van der Waals surface area (Å²) >= 11 is 0. The number of hydrogen-bond acceptors (Lipinski definition) is 3. The van der Waals surface area contributed by atoms with E-state index in [1.54, 1.807) is 0 Å². The van der Waals surface area contributed by atoms with Crippen molar-refractivity contribution in [1.29, 1.82) is 0 Å². The lowest BCUT2D eigenvalue weighted by Crippen LogP contribution is -2.42. The minimum Gasteiger partial charge on any atom is -0.439 e. The van der Waals surface area contributed by atoms with Crippen LogP contribution in [0.2, 0.25) is 0 Å². The summed E-state index contributed by atoms with van der Waals surface area (Å²) in [5, 5.41) is 2.54. The summed E-state index contributed by atoms with van der Waals surface area (Å²) in [7, 11) is 0. The summed E-state index contributed by atoms with van der Waals surface area (Å²) in [5.41, 5.74) is 0.844. The largest absolute Gasteiger partial charge is 0.439 e. The molecule has 25 heavy (non-hydrogen) atoms. The second-order valence-corrected chi connectivity index (χ2v) is 6.24. The molecule has 0 saturated heterocycles. The molecule has 1 fully saturated rings. The number of nitrogens with one attached hydrogen (secondary N) is 1. The third-order valence-corrected chi connectivity index (χ3v) is 4.55. The van der Waals surface area contributed by atoms with Gasteiger partial charge in [-0.2, -0.15) is 13.2 Å². The third kappa shape index (κ3) is 4.21. The highest BCUT2D eigenvalue weighted by Gasteiger charge is 2.47. The highest BCUT2D eigenvalue weighted by atomic mass is 19.4. The molecule has 0 spiro atoms. The van der Waals surface area contributed by atoms with Crippen molar-refractivity contribution in [2.24, 2.45) is 11.8 Å². The van der Waals surface area contributed by atoms with Crippen molar-refractivity contribution in [1.82, 2.24) is 10.3 Å². The van der Waals surface area contributed by atoms with E-state index in [2.05, 4.69) is 10.3 Å². The van der Waals surface area contributed by atoms with Crippen LogP contribution in [0.4, 0.5) is 13.2 Å². The van der Waals surface area contributed by atoms with E-state index in [-0.39, 0.29) is 25.3 Å². The van der Waals surface area contributed by atoms with E-state index < -0.39 is 23.9 Å². The van der Waals surface area contributed by atoms with E-state index in [4.69, 9.17) is 4.42 Å². The Bertz CT molecular complexity index is 713. The number of oxazole rings is 1. The van der Waals surface area contributed by atoms with Crippen LogP contribution < -0.4 is 5.32 Å². The summed E-state index contributed by atoms with van der Waals surface area (Å²) in [6.07, 6.45) is -1.38. The first-order valence-corrected chi connectivity index (χ1v) is 8.29. The number of rotatable bonds is 4. The molecule has 134 valence electrons. The van der Waals surface area contributed by atoms with Crippen LogP contribution in [0.3, 0.4) is 0 Å². The molecule has 1 saturated carbocycles. The van der Waals surface area contributed by atoms with Crippen molar-refractivity contribution in [2.75, 3.05) is 0 Å². The number of hydrogen-bond donors (Lipinski definition) is 1. The highest BCUT2D eigenvalue weighted by molar-refractivity contribution is 5.79. The lowest BCUT2D eigenvalue weighted by atomic mass is 9.78. The molecule has 4 nitrogen and oxygen atoms in total. The predicted molar refractivity (Wildman–Crippen MR) is 85.3 cm³/mol. The Labute approximate surface area is 143 Å². The Morgan fingerprint density at radius 1 is 1.20 bits per heavy atom. The number of amides is 1. The molecule has 1 aromatic carbocycles. The van der Waals surface area contributed by atoms with Crippen LogP contribution in [0, 0.1) is 11.8 Å². The van der Waals surface area contributed by atoms with E-state index in [0.717, 1.165) is 5.56 Å². The molecule has 1 aromatic heterocycles. The number of alkyl halides is 3. The smallest absolute Gasteiger partial charge is 0.392 e. The van der Waals surface area contributed by atoms with Crippen molar-refractivity contribution in [3.8, 4) is 11.3 Å². The van der Waals surface area contributed by atoms with Gasteiger partial charge in [-0.15, -0.1) is 0 Å². The first kappa shape index (κ1) is 17.5. The van der Waals surface area contributed by atoms with E-state index >= 15 is 0 Å². The minimum absolute atomic E-state index is 0.0126. The van der Waals surface area contributed by atoms with Gasteiger partial charge in [0.05, 0.1) is 18.7 Å². The summed E-state index contributed by atoms with van der Waals surface area (Å²) in [5.74, 6) is -2.35. The van der Waals surface area contributed by atoms with Crippen LogP contribution in [0.1, 0.15) is 31.6 Å². The van der Waals surface area contributed by atoms with Gasteiger partial charge >= 0.3 is 6.18 Å². The van der Waals surface area contributed by atoms with Gasteiger partial charge in [-0.3, -0.25) is 4.79 Å². The Hall–Kier alpha value is -2.31. The van der Waals surface area contributed by atoms with Gasteiger partial charge in [-0.05, 0) is 12.8 Å². The maximum absolute atomic E-state index is 13.1. The van der Waals surface area contributed by atoms with Crippen LogP contribution in [0.5, 0.6) is 0 Å². The van der Waals surface area contributed by atoms with Crippen LogP contribution in [0.25, 0.3) is 11.3 Å². The average molecular weight is 352 g/mol. The topological polar surface area (TPSA) is 55.1 Å². The monoisotopic (exact) mass is 352 g/mol. The number of benzene rings is 1. The average Bonchev–Trinajstić information content (AvgIpc) is 3.09. The molecule has 1 aliphatic rings. The van der Waals surface area contributed by atoms with Crippen molar-refractivity contribution in [2.45, 2.75) is 38.4 Å². The standard InChI is InChI=1S/C18H19F3N2O2/c19-18(20,21)14-9-5-4-8-13(14)17(24)23-11-16-22-10-15(25-16)12-6-2-1-3-7-12/h1-3,6-7,10,13-14H,4-5,8-9,11H2,(H,23,24)/t13-,14+/m1/s1. The summed E-state index contributed by atoms with van der Waals surface area (Å²) < 4.78 is 44.8. The number of aromatic nitrogens is 1. The number of carbonyl (C=O) groups excluding carboxylic acids is 1. The molecule has 7 heteroatoms. The van der Waals surface area contributed by atoms with Crippen molar-refractivity contribution < 1.29 is 22.4 Å². The fraction of sp³-hybridized carbons (Fsp3) is 0.444. The van der Waals surface area contributed by atoms with Gasteiger partial charge in [0.25, 0.3) is 0 Å². The van der Waals surface area contributed by atoms with E-state index in [0.29, 0.717) is 18.6 Å². The van der Waals surface area contributed by atoms with Gasteiger partial charge in [0.15, 0.2) is 5.76 Å². The number of nitrogens with zero attached hydrogens (tertiary/aromatic N) is 1. The molecule has 0 aliphatic heterocycles. The second kappa shape index (κ2) is 7.29. The highest BCUT2D eigenvalue weighted by Crippen LogP contribution is 2.41. The quantitative estimate of drug-likeness (QED) is 0.891. The molecule has 0 radical (unpaired) electrons. The number of halogens is 3. The van der Waals surface area contributed by atoms with Gasteiger partial charge < -0.3 is 9.73 Å². The molecule has 2 atom stereocenters. The second-order valence-electron chi connectivity index (χ2n) is 6.24. The maximum Gasteiger partial charge on any atom is 0.392 e.